The van der Waals surface area contributed by atoms with Gasteiger partial charge in [0.1, 0.15) is 12.6 Å². The van der Waals surface area contributed by atoms with Gasteiger partial charge in [0.2, 0.25) is 11.8 Å². The Labute approximate surface area is 252 Å². The van der Waals surface area contributed by atoms with E-state index in [1.807, 2.05) is 44.2 Å². The van der Waals surface area contributed by atoms with Crippen molar-refractivity contribution >= 4 is 43.5 Å². The molecule has 1 aliphatic rings. The van der Waals surface area contributed by atoms with E-state index in [0.717, 1.165) is 51.2 Å². The molecule has 1 N–H and O–H groups in total. The molecule has 1 unspecified atom stereocenters. The van der Waals surface area contributed by atoms with Crippen molar-refractivity contribution in [3.05, 3.63) is 94.0 Å². The van der Waals surface area contributed by atoms with Crippen LogP contribution in [0.4, 0.5) is 5.69 Å². The largest absolute Gasteiger partial charge is 0.352 e. The SMILES string of the molecule is Cc1ccc(N(CC(=O)N(Cc2cccc(Br)c2)C(C)C(=O)NC2CCCCC2)S(=O)(=O)c2ccccc2)cc1C. The monoisotopic (exact) mass is 639 g/mol. The van der Waals surface area contributed by atoms with E-state index >= 15 is 0 Å². The second kappa shape index (κ2) is 13.7. The van der Waals surface area contributed by atoms with Crippen LogP contribution in [0.3, 0.4) is 0 Å². The van der Waals surface area contributed by atoms with Gasteiger partial charge in [0.05, 0.1) is 10.6 Å². The number of hydrogen-bond donors (Lipinski definition) is 1. The number of halogens is 1. The maximum absolute atomic E-state index is 14.1. The Morgan fingerprint density at radius 2 is 1.63 bits per heavy atom. The van der Waals surface area contributed by atoms with E-state index in [0.29, 0.717) is 5.69 Å². The Morgan fingerprint density at radius 3 is 2.29 bits per heavy atom. The van der Waals surface area contributed by atoms with Crippen molar-refractivity contribution in [2.24, 2.45) is 0 Å². The second-order valence-electron chi connectivity index (χ2n) is 10.8. The van der Waals surface area contributed by atoms with Gasteiger partial charge >= 0.3 is 0 Å². The summed E-state index contributed by atoms with van der Waals surface area (Å²) in [5.74, 6) is -0.696. The normalized spacial score (nSPS) is 14.7. The van der Waals surface area contributed by atoms with Crippen molar-refractivity contribution in [2.45, 2.75) is 76.4 Å². The molecular weight excluding hydrogens is 602 g/mol. The van der Waals surface area contributed by atoms with E-state index < -0.39 is 28.5 Å². The van der Waals surface area contributed by atoms with E-state index in [2.05, 4.69) is 21.2 Å². The molecule has 1 saturated carbocycles. The van der Waals surface area contributed by atoms with Crippen LogP contribution in [0.15, 0.2) is 82.2 Å². The predicted octanol–water partition coefficient (Wildman–Crippen LogP) is 6.13. The lowest BCUT2D eigenvalue weighted by atomic mass is 9.95. The van der Waals surface area contributed by atoms with Gasteiger partial charge < -0.3 is 10.2 Å². The Hall–Kier alpha value is -3.17. The minimum atomic E-state index is -4.08. The van der Waals surface area contributed by atoms with E-state index in [9.17, 15) is 18.0 Å². The molecule has 0 aromatic heterocycles. The molecule has 3 aromatic rings. The minimum absolute atomic E-state index is 0.0898. The number of hydrogen-bond acceptors (Lipinski definition) is 4. The lowest BCUT2D eigenvalue weighted by Crippen LogP contribution is -2.53. The van der Waals surface area contributed by atoms with Crippen LogP contribution in [0.25, 0.3) is 0 Å². The summed E-state index contributed by atoms with van der Waals surface area (Å²) in [6.45, 7) is 5.27. The molecule has 0 heterocycles. The third-order valence-electron chi connectivity index (χ3n) is 7.75. The molecule has 0 bridgehead atoms. The van der Waals surface area contributed by atoms with E-state index in [1.54, 1.807) is 37.3 Å². The number of nitrogens with zero attached hydrogens (tertiary/aromatic N) is 2. The molecule has 218 valence electrons. The molecular formula is C32H38BrN3O4S. The van der Waals surface area contributed by atoms with Gasteiger partial charge in [0.15, 0.2) is 0 Å². The van der Waals surface area contributed by atoms with Crippen molar-refractivity contribution in [3.63, 3.8) is 0 Å². The second-order valence-corrected chi connectivity index (χ2v) is 13.5. The van der Waals surface area contributed by atoms with E-state index in [-0.39, 0.29) is 23.4 Å². The third-order valence-corrected chi connectivity index (χ3v) is 10.0. The summed E-state index contributed by atoms with van der Waals surface area (Å²) in [7, 11) is -4.08. The van der Waals surface area contributed by atoms with Gasteiger partial charge in [0, 0.05) is 17.1 Å². The topological polar surface area (TPSA) is 86.8 Å². The molecule has 0 radical (unpaired) electrons. The first-order valence-electron chi connectivity index (χ1n) is 14.1. The number of amides is 2. The molecule has 3 aromatic carbocycles. The summed E-state index contributed by atoms with van der Waals surface area (Å²) >= 11 is 3.49. The Balaban J connectivity index is 1.68. The molecule has 2 amide bonds. The highest BCUT2D eigenvalue weighted by Gasteiger charge is 2.33. The number of anilines is 1. The lowest BCUT2D eigenvalue weighted by molar-refractivity contribution is -0.139. The zero-order chi connectivity index (χ0) is 29.6. The highest BCUT2D eigenvalue weighted by atomic mass is 79.9. The average Bonchev–Trinajstić information content (AvgIpc) is 2.96. The number of sulfonamides is 1. The predicted molar refractivity (Wildman–Crippen MR) is 166 cm³/mol. The summed E-state index contributed by atoms with van der Waals surface area (Å²) in [5.41, 5.74) is 3.15. The molecule has 41 heavy (non-hydrogen) atoms. The molecule has 0 saturated heterocycles. The van der Waals surface area contributed by atoms with Crippen molar-refractivity contribution in [3.8, 4) is 0 Å². The number of carbonyl (C=O) groups is 2. The highest BCUT2D eigenvalue weighted by Crippen LogP contribution is 2.27. The maximum Gasteiger partial charge on any atom is 0.264 e. The molecule has 7 nitrogen and oxygen atoms in total. The van der Waals surface area contributed by atoms with Crippen LogP contribution in [0.2, 0.25) is 0 Å². The van der Waals surface area contributed by atoms with Gasteiger partial charge in [-0.25, -0.2) is 8.42 Å². The van der Waals surface area contributed by atoms with E-state index in [1.165, 1.54) is 23.5 Å². The summed E-state index contributed by atoms with van der Waals surface area (Å²) in [5, 5.41) is 3.13. The van der Waals surface area contributed by atoms with Gasteiger partial charge in [-0.3, -0.25) is 13.9 Å². The van der Waals surface area contributed by atoms with Gasteiger partial charge in [-0.15, -0.1) is 0 Å². The number of benzene rings is 3. The number of nitrogens with one attached hydrogen (secondary N) is 1. The molecule has 1 atom stereocenters. The van der Waals surface area contributed by atoms with Gasteiger partial charge in [-0.1, -0.05) is 71.6 Å². The first-order valence-corrected chi connectivity index (χ1v) is 16.3. The summed E-state index contributed by atoms with van der Waals surface area (Å²) in [6.07, 6.45) is 5.16. The van der Waals surface area contributed by atoms with Gasteiger partial charge in [-0.2, -0.15) is 0 Å². The smallest absolute Gasteiger partial charge is 0.264 e. The van der Waals surface area contributed by atoms with Crippen LogP contribution in [0, 0.1) is 13.8 Å². The van der Waals surface area contributed by atoms with Crippen molar-refractivity contribution in [1.29, 1.82) is 0 Å². The lowest BCUT2D eigenvalue weighted by Gasteiger charge is -2.33. The fraction of sp³-hybridized carbons (Fsp3) is 0.375. The first-order chi connectivity index (χ1) is 19.6. The fourth-order valence-corrected chi connectivity index (χ4v) is 6.99. The molecule has 0 aliphatic heterocycles. The molecule has 1 fully saturated rings. The van der Waals surface area contributed by atoms with Crippen LogP contribution < -0.4 is 9.62 Å². The highest BCUT2D eigenvalue weighted by molar-refractivity contribution is 9.10. The molecule has 9 heteroatoms. The van der Waals surface area contributed by atoms with E-state index in [4.69, 9.17) is 0 Å². The van der Waals surface area contributed by atoms with Crippen LogP contribution in [0.5, 0.6) is 0 Å². The molecule has 0 spiro atoms. The summed E-state index contributed by atoms with van der Waals surface area (Å²) in [6, 6.07) is 20.3. The summed E-state index contributed by atoms with van der Waals surface area (Å²) in [4.78, 5) is 29.1. The summed E-state index contributed by atoms with van der Waals surface area (Å²) < 4.78 is 29.9. The minimum Gasteiger partial charge on any atom is -0.352 e. The van der Waals surface area contributed by atoms with Crippen LogP contribution >= 0.6 is 15.9 Å². The van der Waals surface area contributed by atoms with Crippen molar-refractivity contribution in [2.75, 3.05) is 10.8 Å². The Bertz CT molecular complexity index is 1470. The average molecular weight is 641 g/mol. The fourth-order valence-electron chi connectivity index (χ4n) is 5.11. The zero-order valence-corrected chi connectivity index (χ0v) is 26.2. The standard InChI is InChI=1S/C32H38BrN3O4S/c1-23-17-18-29(19-24(23)2)36(41(39,40)30-15-8-5-9-16-30)22-31(37)35(21-26-11-10-12-27(33)20-26)25(3)32(38)34-28-13-6-4-7-14-28/h5,8-12,15-20,25,28H,4,6-7,13-14,21-22H2,1-3H3,(H,34,38). The number of aryl methyl sites for hydroxylation is 2. The Kier molecular flexibility index (Phi) is 10.3. The van der Waals surface area contributed by atoms with Crippen LogP contribution in [-0.2, 0) is 26.2 Å². The quantitative estimate of drug-likeness (QED) is 0.289. The number of carbonyl (C=O) groups excluding carboxylic acids is 2. The zero-order valence-electron chi connectivity index (χ0n) is 23.8. The van der Waals surface area contributed by atoms with Crippen molar-refractivity contribution in [1.82, 2.24) is 10.2 Å². The van der Waals surface area contributed by atoms with Crippen LogP contribution in [-0.4, -0.2) is 43.8 Å². The first kappa shape index (κ1) is 30.8. The van der Waals surface area contributed by atoms with Gasteiger partial charge in [0.25, 0.3) is 10.0 Å². The molecule has 4 rings (SSSR count). The maximum atomic E-state index is 14.1. The van der Waals surface area contributed by atoms with Crippen molar-refractivity contribution < 1.29 is 18.0 Å². The Morgan fingerprint density at radius 1 is 0.927 bits per heavy atom. The third kappa shape index (κ3) is 7.77. The molecule has 1 aliphatic carbocycles. The number of rotatable bonds is 10. The van der Waals surface area contributed by atoms with Crippen LogP contribution in [0.1, 0.15) is 55.7 Å². The van der Waals surface area contributed by atoms with Gasteiger partial charge in [-0.05, 0) is 86.7 Å².